The molecule has 1 aliphatic heterocycles. The van der Waals surface area contributed by atoms with Gasteiger partial charge < -0.3 is 15.5 Å². The standard InChI is InChI=1S/C24H36N6OS/c1-7-26-24(31)19-8-9-20(16(2)3)27-21(19)15-29(5)12-17-10-22(28-23(11-17)32-6)30-13-18(14-30)25-4/h8-11,16,18,25H,7,12-15H2,1-6H3,(H,26,31). The Balaban J connectivity index is 1.78. The van der Waals surface area contributed by atoms with E-state index in [4.69, 9.17) is 9.97 Å². The molecule has 1 aliphatic rings. The molecule has 1 saturated heterocycles. The molecule has 0 atom stereocenters. The molecular formula is C24H36N6OS. The third-order valence-corrected chi connectivity index (χ3v) is 6.34. The number of aromatic nitrogens is 2. The van der Waals surface area contributed by atoms with E-state index in [-0.39, 0.29) is 5.91 Å². The zero-order chi connectivity index (χ0) is 23.3. The van der Waals surface area contributed by atoms with Crippen molar-refractivity contribution >= 4 is 23.5 Å². The second kappa shape index (κ2) is 11.1. The van der Waals surface area contributed by atoms with E-state index < -0.39 is 0 Å². The van der Waals surface area contributed by atoms with Crippen LogP contribution < -0.4 is 15.5 Å². The lowest BCUT2D eigenvalue weighted by Gasteiger charge is -2.40. The quantitative estimate of drug-likeness (QED) is 0.532. The molecule has 0 saturated carbocycles. The van der Waals surface area contributed by atoms with Gasteiger partial charge in [-0.05, 0) is 63.0 Å². The van der Waals surface area contributed by atoms with Crippen molar-refractivity contribution in [1.82, 2.24) is 25.5 Å². The summed E-state index contributed by atoms with van der Waals surface area (Å²) in [6.07, 6.45) is 2.06. The van der Waals surface area contributed by atoms with Crippen LogP contribution in [0.2, 0.25) is 0 Å². The highest BCUT2D eigenvalue weighted by Crippen LogP contribution is 2.25. The predicted octanol–water partition coefficient (Wildman–Crippen LogP) is 3.11. The van der Waals surface area contributed by atoms with Gasteiger partial charge in [0, 0.05) is 44.5 Å². The molecule has 3 heterocycles. The molecule has 32 heavy (non-hydrogen) atoms. The second-order valence-corrected chi connectivity index (χ2v) is 9.51. The maximum absolute atomic E-state index is 12.6. The molecule has 0 bridgehead atoms. The molecule has 0 aliphatic carbocycles. The first kappa shape index (κ1) is 24.5. The number of likely N-dealkylation sites (N-methyl/N-ethyl adjacent to an activating group) is 1. The number of anilines is 1. The van der Waals surface area contributed by atoms with Crippen LogP contribution in [-0.4, -0.2) is 66.8 Å². The maximum Gasteiger partial charge on any atom is 0.253 e. The van der Waals surface area contributed by atoms with Crippen LogP contribution in [0.25, 0.3) is 0 Å². The van der Waals surface area contributed by atoms with Gasteiger partial charge in [0.25, 0.3) is 5.91 Å². The number of hydrogen-bond donors (Lipinski definition) is 2. The first-order chi connectivity index (χ1) is 15.3. The summed E-state index contributed by atoms with van der Waals surface area (Å²) in [7, 11) is 4.08. The average Bonchev–Trinajstić information content (AvgIpc) is 2.72. The Bertz CT molecular complexity index is 929. The summed E-state index contributed by atoms with van der Waals surface area (Å²) in [5, 5.41) is 7.26. The number of rotatable bonds is 10. The summed E-state index contributed by atoms with van der Waals surface area (Å²) in [5.74, 6) is 1.29. The van der Waals surface area contributed by atoms with Crippen molar-refractivity contribution in [1.29, 1.82) is 0 Å². The number of hydrogen-bond acceptors (Lipinski definition) is 7. The molecule has 1 fully saturated rings. The van der Waals surface area contributed by atoms with Crippen LogP contribution in [0.4, 0.5) is 5.82 Å². The lowest BCUT2D eigenvalue weighted by Crippen LogP contribution is -2.57. The van der Waals surface area contributed by atoms with E-state index >= 15 is 0 Å². The van der Waals surface area contributed by atoms with E-state index in [0.717, 1.165) is 41.9 Å². The van der Waals surface area contributed by atoms with E-state index in [1.165, 1.54) is 5.56 Å². The van der Waals surface area contributed by atoms with E-state index in [0.29, 0.717) is 30.6 Å². The van der Waals surface area contributed by atoms with Gasteiger partial charge >= 0.3 is 0 Å². The molecule has 2 aromatic heterocycles. The van der Waals surface area contributed by atoms with Crippen LogP contribution in [0.3, 0.4) is 0 Å². The zero-order valence-electron chi connectivity index (χ0n) is 20.1. The molecule has 3 rings (SSSR count). The number of carbonyl (C=O) groups excluding carboxylic acids is 1. The van der Waals surface area contributed by atoms with Gasteiger partial charge in [-0.3, -0.25) is 14.7 Å². The molecule has 2 aromatic rings. The fourth-order valence-electron chi connectivity index (χ4n) is 3.80. The highest BCUT2D eigenvalue weighted by Gasteiger charge is 2.26. The van der Waals surface area contributed by atoms with E-state index in [9.17, 15) is 4.79 Å². The third-order valence-electron chi connectivity index (χ3n) is 5.71. The fourth-order valence-corrected chi connectivity index (χ4v) is 4.25. The Morgan fingerprint density at radius 1 is 1.25 bits per heavy atom. The summed E-state index contributed by atoms with van der Waals surface area (Å²) >= 11 is 1.67. The van der Waals surface area contributed by atoms with Crippen LogP contribution in [-0.2, 0) is 13.1 Å². The molecule has 1 amide bonds. The normalized spacial score (nSPS) is 14.2. The van der Waals surface area contributed by atoms with Gasteiger partial charge in [-0.1, -0.05) is 13.8 Å². The predicted molar refractivity (Wildman–Crippen MR) is 133 cm³/mol. The topological polar surface area (TPSA) is 73.4 Å². The van der Waals surface area contributed by atoms with Crippen LogP contribution in [0.5, 0.6) is 0 Å². The monoisotopic (exact) mass is 456 g/mol. The summed E-state index contributed by atoms with van der Waals surface area (Å²) in [6, 6.07) is 8.75. The Morgan fingerprint density at radius 2 is 2.00 bits per heavy atom. The van der Waals surface area contributed by atoms with Gasteiger partial charge in [-0.25, -0.2) is 4.98 Å². The maximum atomic E-state index is 12.6. The van der Waals surface area contributed by atoms with Crippen molar-refractivity contribution < 1.29 is 4.79 Å². The van der Waals surface area contributed by atoms with Crippen LogP contribution in [0.1, 0.15) is 54.0 Å². The highest BCUT2D eigenvalue weighted by molar-refractivity contribution is 7.98. The average molecular weight is 457 g/mol. The summed E-state index contributed by atoms with van der Waals surface area (Å²) in [6.45, 7) is 10.1. The van der Waals surface area contributed by atoms with Gasteiger partial charge in [0.1, 0.15) is 5.82 Å². The first-order valence-electron chi connectivity index (χ1n) is 11.3. The van der Waals surface area contributed by atoms with Gasteiger partial charge in [0.2, 0.25) is 0 Å². The Labute approximate surface area is 196 Å². The lowest BCUT2D eigenvalue weighted by atomic mass is 10.1. The molecule has 7 nitrogen and oxygen atoms in total. The van der Waals surface area contributed by atoms with Crippen molar-refractivity contribution in [2.24, 2.45) is 0 Å². The largest absolute Gasteiger partial charge is 0.353 e. The summed E-state index contributed by atoms with van der Waals surface area (Å²) < 4.78 is 0. The van der Waals surface area contributed by atoms with Crippen molar-refractivity contribution in [2.75, 3.05) is 44.9 Å². The molecule has 0 spiro atoms. The molecule has 0 unspecified atom stereocenters. The van der Waals surface area contributed by atoms with E-state index in [2.05, 4.69) is 59.7 Å². The van der Waals surface area contributed by atoms with Crippen molar-refractivity contribution in [3.8, 4) is 0 Å². The summed E-state index contributed by atoms with van der Waals surface area (Å²) in [4.78, 5) is 26.8. The number of nitrogens with zero attached hydrogens (tertiary/aromatic N) is 4. The SMILES string of the molecule is CCNC(=O)c1ccc(C(C)C)nc1CN(C)Cc1cc(SC)nc(N2CC(NC)C2)c1. The van der Waals surface area contributed by atoms with Gasteiger partial charge in [-0.2, -0.15) is 0 Å². The number of carbonyl (C=O) groups is 1. The fraction of sp³-hybridized carbons (Fsp3) is 0.542. The second-order valence-electron chi connectivity index (χ2n) is 8.68. The number of pyridine rings is 2. The minimum Gasteiger partial charge on any atom is -0.353 e. The van der Waals surface area contributed by atoms with Crippen molar-refractivity contribution in [3.05, 3.63) is 46.8 Å². The minimum atomic E-state index is -0.0635. The molecule has 2 N–H and O–H groups in total. The van der Waals surface area contributed by atoms with Gasteiger partial charge in [0.15, 0.2) is 0 Å². The van der Waals surface area contributed by atoms with Crippen molar-refractivity contribution in [2.45, 2.75) is 50.8 Å². The molecule has 8 heteroatoms. The minimum absolute atomic E-state index is 0.0635. The van der Waals surface area contributed by atoms with Gasteiger partial charge in [-0.15, -0.1) is 11.8 Å². The smallest absolute Gasteiger partial charge is 0.253 e. The molecule has 174 valence electrons. The Hall–Kier alpha value is -2.16. The van der Waals surface area contributed by atoms with E-state index in [1.54, 1.807) is 11.8 Å². The van der Waals surface area contributed by atoms with Crippen molar-refractivity contribution in [3.63, 3.8) is 0 Å². The zero-order valence-corrected chi connectivity index (χ0v) is 20.9. The number of nitrogens with one attached hydrogen (secondary N) is 2. The Kier molecular flexibility index (Phi) is 8.51. The van der Waals surface area contributed by atoms with E-state index in [1.807, 2.05) is 26.1 Å². The first-order valence-corrected chi connectivity index (χ1v) is 12.5. The van der Waals surface area contributed by atoms with Gasteiger partial charge in [0.05, 0.1) is 16.3 Å². The number of amides is 1. The molecule has 0 aromatic carbocycles. The highest BCUT2D eigenvalue weighted by atomic mass is 32.2. The van der Waals surface area contributed by atoms with Crippen LogP contribution in [0, 0.1) is 0 Å². The molecule has 0 radical (unpaired) electrons. The van der Waals surface area contributed by atoms with Crippen LogP contribution in [0.15, 0.2) is 29.3 Å². The van der Waals surface area contributed by atoms with Crippen LogP contribution >= 0.6 is 11.8 Å². The third kappa shape index (κ3) is 5.99. The summed E-state index contributed by atoms with van der Waals surface area (Å²) in [5.41, 5.74) is 3.70. The number of thioether (sulfide) groups is 1. The Morgan fingerprint density at radius 3 is 2.62 bits per heavy atom. The molecular weight excluding hydrogens is 420 g/mol. The lowest BCUT2D eigenvalue weighted by molar-refractivity contribution is 0.0953.